The van der Waals surface area contributed by atoms with E-state index in [1.807, 2.05) is 6.92 Å². The predicted octanol–water partition coefficient (Wildman–Crippen LogP) is 2.70. The topological polar surface area (TPSA) is 59.2 Å². The normalized spacial score (nSPS) is 10.6. The summed E-state index contributed by atoms with van der Waals surface area (Å²) in [4.78, 5) is 4.30. The summed E-state index contributed by atoms with van der Waals surface area (Å²) in [5, 5.41) is 13.2. The van der Waals surface area contributed by atoms with Crippen molar-refractivity contribution in [2.75, 3.05) is 0 Å². The van der Waals surface area contributed by atoms with Gasteiger partial charge in [-0.25, -0.2) is 0 Å². The molecule has 0 saturated carbocycles. The molecule has 0 saturated heterocycles. The Balaban J connectivity index is 2.35. The molecule has 0 fully saturated rings. The molecule has 1 N–H and O–H groups in total. The lowest BCUT2D eigenvalue weighted by molar-refractivity contribution is 0.421. The van der Waals surface area contributed by atoms with E-state index in [1.54, 1.807) is 18.2 Å². The molecule has 2 aromatic rings. The highest BCUT2D eigenvalue weighted by Gasteiger charge is 2.10. The highest BCUT2D eigenvalue weighted by molar-refractivity contribution is 5.59. The third-order valence-electron chi connectivity index (χ3n) is 2.38. The third kappa shape index (κ3) is 2.05. The zero-order chi connectivity index (χ0) is 11.5. The summed E-state index contributed by atoms with van der Waals surface area (Å²) in [5.41, 5.74) is 1.79. The number of benzene rings is 1. The lowest BCUT2D eigenvalue weighted by atomic mass is 10.1. The van der Waals surface area contributed by atoms with E-state index >= 15 is 0 Å². The maximum Gasteiger partial charge on any atom is 0.258 e. The number of hydrogen-bond acceptors (Lipinski definition) is 4. The number of hydrogen-bond donors (Lipinski definition) is 1. The standard InChI is InChI=1S/C12H14N2O2/c1-3-4-11-13-12(16-14-11)10-6-5-9(15)7-8(10)2/h5-7,15H,3-4H2,1-2H3. The first-order valence-corrected chi connectivity index (χ1v) is 5.33. The Kier molecular flexibility index (Phi) is 2.90. The van der Waals surface area contributed by atoms with Gasteiger partial charge < -0.3 is 9.63 Å². The molecule has 0 unspecified atom stereocenters. The summed E-state index contributed by atoms with van der Waals surface area (Å²) >= 11 is 0. The van der Waals surface area contributed by atoms with Crippen molar-refractivity contribution in [1.82, 2.24) is 10.1 Å². The smallest absolute Gasteiger partial charge is 0.258 e. The van der Waals surface area contributed by atoms with Crippen molar-refractivity contribution in [3.63, 3.8) is 0 Å². The monoisotopic (exact) mass is 218 g/mol. The number of phenols is 1. The van der Waals surface area contributed by atoms with Crippen molar-refractivity contribution in [3.05, 3.63) is 29.6 Å². The van der Waals surface area contributed by atoms with Gasteiger partial charge >= 0.3 is 0 Å². The molecule has 4 heteroatoms. The lowest BCUT2D eigenvalue weighted by Crippen LogP contribution is -1.86. The van der Waals surface area contributed by atoms with E-state index in [4.69, 9.17) is 4.52 Å². The molecule has 84 valence electrons. The molecule has 0 spiro atoms. The molecular formula is C12H14N2O2. The van der Waals surface area contributed by atoms with Crippen LogP contribution in [0.4, 0.5) is 0 Å². The number of aromatic hydroxyl groups is 1. The van der Waals surface area contributed by atoms with Gasteiger partial charge in [-0.15, -0.1) is 0 Å². The fourth-order valence-electron chi connectivity index (χ4n) is 1.58. The molecule has 0 radical (unpaired) electrons. The van der Waals surface area contributed by atoms with Gasteiger partial charge in [-0.05, 0) is 37.1 Å². The van der Waals surface area contributed by atoms with Crippen LogP contribution in [0.1, 0.15) is 24.7 Å². The summed E-state index contributed by atoms with van der Waals surface area (Å²) in [5.74, 6) is 1.49. The fourth-order valence-corrected chi connectivity index (χ4v) is 1.58. The first kappa shape index (κ1) is 10.7. The van der Waals surface area contributed by atoms with Crippen LogP contribution in [0.5, 0.6) is 5.75 Å². The van der Waals surface area contributed by atoms with Crippen LogP contribution in [-0.2, 0) is 6.42 Å². The van der Waals surface area contributed by atoms with Crippen LogP contribution in [0.3, 0.4) is 0 Å². The van der Waals surface area contributed by atoms with Gasteiger partial charge in [-0.1, -0.05) is 12.1 Å². The molecule has 0 aliphatic rings. The Labute approximate surface area is 93.9 Å². The fraction of sp³-hybridized carbons (Fsp3) is 0.333. The van der Waals surface area contributed by atoms with Crippen LogP contribution in [0.15, 0.2) is 22.7 Å². The Hall–Kier alpha value is -1.84. The van der Waals surface area contributed by atoms with Crippen molar-refractivity contribution in [3.8, 4) is 17.2 Å². The Morgan fingerprint density at radius 1 is 1.38 bits per heavy atom. The molecule has 1 aromatic carbocycles. The van der Waals surface area contributed by atoms with Gasteiger partial charge in [0, 0.05) is 12.0 Å². The minimum absolute atomic E-state index is 0.245. The molecule has 0 bridgehead atoms. The Bertz CT molecular complexity index is 492. The van der Waals surface area contributed by atoms with Crippen molar-refractivity contribution in [2.45, 2.75) is 26.7 Å². The third-order valence-corrected chi connectivity index (χ3v) is 2.38. The second-order valence-corrected chi connectivity index (χ2v) is 3.76. The van der Waals surface area contributed by atoms with E-state index in [2.05, 4.69) is 17.1 Å². The van der Waals surface area contributed by atoms with Gasteiger partial charge in [-0.3, -0.25) is 0 Å². The molecule has 0 aliphatic heterocycles. The second-order valence-electron chi connectivity index (χ2n) is 3.76. The predicted molar refractivity (Wildman–Crippen MR) is 60.1 cm³/mol. The van der Waals surface area contributed by atoms with Crippen LogP contribution in [0.25, 0.3) is 11.5 Å². The molecule has 0 aliphatic carbocycles. The highest BCUT2D eigenvalue weighted by Crippen LogP contribution is 2.24. The van der Waals surface area contributed by atoms with Crippen molar-refractivity contribution in [1.29, 1.82) is 0 Å². The van der Waals surface area contributed by atoms with Crippen molar-refractivity contribution < 1.29 is 9.63 Å². The van der Waals surface area contributed by atoms with Crippen LogP contribution in [-0.4, -0.2) is 15.2 Å². The average molecular weight is 218 g/mol. The molecule has 1 aromatic heterocycles. The van der Waals surface area contributed by atoms with Gasteiger partial charge in [0.2, 0.25) is 0 Å². The zero-order valence-electron chi connectivity index (χ0n) is 9.40. The van der Waals surface area contributed by atoms with E-state index in [1.165, 1.54) is 0 Å². The van der Waals surface area contributed by atoms with Crippen LogP contribution >= 0.6 is 0 Å². The number of rotatable bonds is 3. The maximum absolute atomic E-state index is 9.31. The van der Waals surface area contributed by atoms with Crippen LogP contribution in [0, 0.1) is 6.92 Å². The van der Waals surface area contributed by atoms with Crippen LogP contribution in [0.2, 0.25) is 0 Å². The molecule has 2 rings (SSSR count). The minimum Gasteiger partial charge on any atom is -0.508 e. The number of aromatic nitrogens is 2. The number of aryl methyl sites for hydroxylation is 2. The van der Waals surface area contributed by atoms with E-state index in [-0.39, 0.29) is 5.75 Å². The molecule has 1 heterocycles. The SMILES string of the molecule is CCCc1noc(-c2ccc(O)cc2C)n1. The molecule has 0 amide bonds. The van der Waals surface area contributed by atoms with Gasteiger partial charge in [-0.2, -0.15) is 4.98 Å². The second kappa shape index (κ2) is 4.35. The summed E-state index contributed by atoms with van der Waals surface area (Å²) in [7, 11) is 0. The molecule has 0 atom stereocenters. The Morgan fingerprint density at radius 3 is 2.88 bits per heavy atom. The lowest BCUT2D eigenvalue weighted by Gasteiger charge is -2.00. The molecular weight excluding hydrogens is 204 g/mol. The summed E-state index contributed by atoms with van der Waals surface area (Å²) in [6.07, 6.45) is 1.81. The number of phenolic OH excluding ortho intramolecular Hbond substituents is 1. The van der Waals surface area contributed by atoms with E-state index in [9.17, 15) is 5.11 Å². The van der Waals surface area contributed by atoms with Crippen LogP contribution < -0.4 is 0 Å². The van der Waals surface area contributed by atoms with Gasteiger partial charge in [0.1, 0.15) is 5.75 Å². The molecule has 4 nitrogen and oxygen atoms in total. The van der Waals surface area contributed by atoms with Crippen molar-refractivity contribution in [2.24, 2.45) is 0 Å². The average Bonchev–Trinajstić information content (AvgIpc) is 2.67. The van der Waals surface area contributed by atoms with E-state index in [0.29, 0.717) is 5.89 Å². The maximum atomic E-state index is 9.31. The number of nitrogens with zero attached hydrogens (tertiary/aromatic N) is 2. The van der Waals surface area contributed by atoms with E-state index < -0.39 is 0 Å². The highest BCUT2D eigenvalue weighted by atomic mass is 16.5. The van der Waals surface area contributed by atoms with E-state index in [0.717, 1.165) is 29.8 Å². The summed E-state index contributed by atoms with van der Waals surface area (Å²) in [6, 6.07) is 5.08. The Morgan fingerprint density at radius 2 is 2.19 bits per heavy atom. The van der Waals surface area contributed by atoms with Gasteiger partial charge in [0.25, 0.3) is 5.89 Å². The summed E-state index contributed by atoms with van der Waals surface area (Å²) < 4.78 is 5.18. The zero-order valence-corrected chi connectivity index (χ0v) is 9.40. The minimum atomic E-state index is 0.245. The summed E-state index contributed by atoms with van der Waals surface area (Å²) in [6.45, 7) is 3.97. The molecule has 16 heavy (non-hydrogen) atoms. The van der Waals surface area contributed by atoms with Gasteiger partial charge in [0.15, 0.2) is 5.82 Å². The first-order valence-electron chi connectivity index (χ1n) is 5.33. The largest absolute Gasteiger partial charge is 0.508 e. The quantitative estimate of drug-likeness (QED) is 0.860. The van der Waals surface area contributed by atoms with Gasteiger partial charge in [0.05, 0.1) is 0 Å². The first-order chi connectivity index (χ1) is 7.70. The van der Waals surface area contributed by atoms with Crippen molar-refractivity contribution >= 4 is 0 Å².